The predicted molar refractivity (Wildman–Crippen MR) is 102 cm³/mol. The molecule has 120 valence electrons. The topological polar surface area (TPSA) is 0 Å². The molecule has 0 N–H and O–H groups in total. The first-order valence-electron chi connectivity index (χ1n) is 8.61. The van der Waals surface area contributed by atoms with E-state index in [1.54, 1.807) is 0 Å². The van der Waals surface area contributed by atoms with Crippen LogP contribution >= 0.6 is 0 Å². The molecule has 2 aromatic carbocycles. The lowest BCUT2D eigenvalue weighted by molar-refractivity contribution is 0.546. The van der Waals surface area contributed by atoms with Crippen LogP contribution < -0.4 is 0 Å². The van der Waals surface area contributed by atoms with E-state index in [-0.39, 0.29) is 0 Å². The van der Waals surface area contributed by atoms with Gasteiger partial charge >= 0.3 is 0 Å². The van der Waals surface area contributed by atoms with E-state index < -0.39 is 0 Å². The summed E-state index contributed by atoms with van der Waals surface area (Å²) in [4.78, 5) is 0. The third-order valence-electron chi connectivity index (χ3n) is 4.11. The molecule has 0 radical (unpaired) electrons. The molecule has 2 rings (SSSR count). The summed E-state index contributed by atoms with van der Waals surface area (Å²) in [5, 5.41) is 0. The minimum Gasteiger partial charge on any atom is -0.0859 e. The summed E-state index contributed by atoms with van der Waals surface area (Å²) in [6.45, 7) is 6.70. The average Bonchev–Trinajstić information content (AvgIpc) is 2.57. The summed E-state index contributed by atoms with van der Waals surface area (Å²) in [7, 11) is 0. The summed E-state index contributed by atoms with van der Waals surface area (Å²) in [6.07, 6.45) is 8.31. The average molecular weight is 304 g/mol. The van der Waals surface area contributed by atoms with Crippen molar-refractivity contribution in [3.05, 3.63) is 89.5 Å². The van der Waals surface area contributed by atoms with Crippen LogP contribution in [0.25, 0.3) is 5.57 Å². The summed E-state index contributed by atoms with van der Waals surface area (Å²) >= 11 is 0. The van der Waals surface area contributed by atoms with Crippen LogP contribution in [0.1, 0.15) is 51.2 Å². The summed E-state index contributed by atoms with van der Waals surface area (Å²) < 4.78 is 0. The molecule has 23 heavy (non-hydrogen) atoms. The van der Waals surface area contributed by atoms with Crippen molar-refractivity contribution < 1.29 is 0 Å². The Hall–Kier alpha value is -2.08. The molecule has 0 aromatic heterocycles. The predicted octanol–water partition coefficient (Wildman–Crippen LogP) is 6.89. The van der Waals surface area contributed by atoms with Gasteiger partial charge in [-0.2, -0.15) is 0 Å². The lowest BCUT2D eigenvalue weighted by Gasteiger charge is -2.12. The van der Waals surface area contributed by atoms with Crippen molar-refractivity contribution in [2.45, 2.75) is 40.0 Å². The van der Waals surface area contributed by atoms with Gasteiger partial charge in [-0.3, -0.25) is 0 Å². The quantitative estimate of drug-likeness (QED) is 0.488. The Morgan fingerprint density at radius 3 is 1.83 bits per heavy atom. The highest BCUT2D eigenvalue weighted by Crippen LogP contribution is 2.25. The fourth-order valence-electron chi connectivity index (χ4n) is 2.73. The molecule has 0 heterocycles. The Balaban J connectivity index is 2.13. The summed E-state index contributed by atoms with van der Waals surface area (Å²) in [5.74, 6) is 0.702. The number of hydrogen-bond acceptors (Lipinski definition) is 0. The van der Waals surface area contributed by atoms with E-state index in [9.17, 15) is 0 Å². The normalized spacial score (nSPS) is 11.6. The molecule has 0 fully saturated rings. The van der Waals surface area contributed by atoms with Gasteiger partial charge in [0.05, 0.1) is 0 Å². The van der Waals surface area contributed by atoms with Gasteiger partial charge in [-0.1, -0.05) is 85.3 Å². The van der Waals surface area contributed by atoms with E-state index in [2.05, 4.69) is 93.6 Å². The van der Waals surface area contributed by atoms with E-state index in [1.165, 1.54) is 35.1 Å². The van der Waals surface area contributed by atoms with E-state index >= 15 is 0 Å². The third-order valence-corrected chi connectivity index (χ3v) is 4.11. The Labute approximate surface area is 141 Å². The second-order valence-corrected chi connectivity index (χ2v) is 6.55. The molecule has 0 saturated carbocycles. The minimum absolute atomic E-state index is 0.702. The Bertz CT molecular complexity index is 587. The largest absolute Gasteiger partial charge is 0.0859 e. The van der Waals surface area contributed by atoms with Crippen molar-refractivity contribution >= 4 is 5.57 Å². The fraction of sp³-hybridized carbons (Fsp3) is 0.304. The van der Waals surface area contributed by atoms with Crippen molar-refractivity contribution in [1.29, 1.82) is 0 Å². The number of benzene rings is 2. The van der Waals surface area contributed by atoms with Gasteiger partial charge in [0.25, 0.3) is 0 Å². The summed E-state index contributed by atoms with van der Waals surface area (Å²) in [6, 6.07) is 21.4. The van der Waals surface area contributed by atoms with E-state index in [4.69, 9.17) is 0 Å². The molecule has 0 unspecified atom stereocenters. The van der Waals surface area contributed by atoms with Gasteiger partial charge in [-0.15, -0.1) is 0 Å². The van der Waals surface area contributed by atoms with Crippen molar-refractivity contribution in [3.63, 3.8) is 0 Å². The Morgan fingerprint density at radius 1 is 0.826 bits per heavy atom. The SMILES string of the molecule is CC(C)=CCC[C@@H](C)CC=C(c1ccccc1)c1ccccc1. The third kappa shape index (κ3) is 5.90. The van der Waals surface area contributed by atoms with E-state index in [0.29, 0.717) is 5.92 Å². The first kappa shape index (κ1) is 17.3. The number of hydrogen-bond donors (Lipinski definition) is 0. The molecule has 0 saturated heterocycles. The Kier molecular flexibility index (Phi) is 6.87. The lowest BCUT2D eigenvalue weighted by atomic mass is 9.93. The van der Waals surface area contributed by atoms with Crippen LogP contribution in [0.4, 0.5) is 0 Å². The zero-order chi connectivity index (χ0) is 16.5. The van der Waals surface area contributed by atoms with E-state index in [0.717, 1.165) is 6.42 Å². The number of allylic oxidation sites excluding steroid dienone is 3. The maximum absolute atomic E-state index is 2.41. The van der Waals surface area contributed by atoms with Crippen LogP contribution in [0.2, 0.25) is 0 Å². The standard InChI is InChI=1S/C23H28/c1-19(2)11-10-12-20(3)17-18-23(21-13-6-4-7-14-21)22-15-8-5-9-16-22/h4-9,11,13-16,18,20H,10,12,17H2,1-3H3/t20-/m1/s1. The summed E-state index contributed by atoms with van der Waals surface area (Å²) in [5.41, 5.74) is 5.37. The molecule has 0 aliphatic rings. The zero-order valence-electron chi connectivity index (χ0n) is 14.6. The Morgan fingerprint density at radius 2 is 1.35 bits per heavy atom. The molecule has 0 amide bonds. The van der Waals surface area contributed by atoms with Gasteiger partial charge in [0, 0.05) is 0 Å². The van der Waals surface area contributed by atoms with Crippen molar-refractivity contribution in [2.24, 2.45) is 5.92 Å². The molecule has 1 atom stereocenters. The van der Waals surface area contributed by atoms with Crippen molar-refractivity contribution in [3.8, 4) is 0 Å². The molecule has 2 aromatic rings. The highest BCUT2D eigenvalue weighted by atomic mass is 14.1. The van der Waals surface area contributed by atoms with Crippen molar-refractivity contribution in [2.75, 3.05) is 0 Å². The zero-order valence-corrected chi connectivity index (χ0v) is 14.6. The molecule has 0 bridgehead atoms. The lowest BCUT2D eigenvalue weighted by Crippen LogP contribution is -1.94. The van der Waals surface area contributed by atoms with Gasteiger partial charge in [0.1, 0.15) is 0 Å². The molecule has 0 spiro atoms. The smallest absolute Gasteiger partial charge is 0.0151 e. The molecule has 0 aliphatic heterocycles. The maximum Gasteiger partial charge on any atom is -0.0151 e. The second kappa shape index (κ2) is 9.15. The highest BCUT2D eigenvalue weighted by molar-refractivity contribution is 5.79. The fourth-order valence-corrected chi connectivity index (χ4v) is 2.73. The molecular formula is C23H28. The van der Waals surface area contributed by atoms with Crippen LogP contribution in [-0.2, 0) is 0 Å². The first-order valence-corrected chi connectivity index (χ1v) is 8.61. The molecule has 0 heteroatoms. The minimum atomic E-state index is 0.702. The van der Waals surface area contributed by atoms with Gasteiger partial charge in [-0.05, 0) is 55.7 Å². The second-order valence-electron chi connectivity index (χ2n) is 6.55. The molecular weight excluding hydrogens is 276 g/mol. The number of rotatable bonds is 7. The molecule has 0 nitrogen and oxygen atoms in total. The first-order chi connectivity index (χ1) is 11.2. The van der Waals surface area contributed by atoms with Crippen LogP contribution in [-0.4, -0.2) is 0 Å². The van der Waals surface area contributed by atoms with Crippen LogP contribution in [0.15, 0.2) is 78.4 Å². The van der Waals surface area contributed by atoms with Crippen molar-refractivity contribution in [1.82, 2.24) is 0 Å². The van der Waals surface area contributed by atoms with Gasteiger partial charge in [-0.25, -0.2) is 0 Å². The van der Waals surface area contributed by atoms with Crippen LogP contribution in [0, 0.1) is 5.92 Å². The monoisotopic (exact) mass is 304 g/mol. The van der Waals surface area contributed by atoms with Gasteiger partial charge in [0.2, 0.25) is 0 Å². The van der Waals surface area contributed by atoms with Gasteiger partial charge < -0.3 is 0 Å². The van der Waals surface area contributed by atoms with E-state index in [1.807, 2.05) is 0 Å². The molecule has 0 aliphatic carbocycles. The maximum atomic E-state index is 2.41. The van der Waals surface area contributed by atoms with Crippen LogP contribution in [0.3, 0.4) is 0 Å². The van der Waals surface area contributed by atoms with Gasteiger partial charge in [0.15, 0.2) is 0 Å². The van der Waals surface area contributed by atoms with Crippen LogP contribution in [0.5, 0.6) is 0 Å². The highest BCUT2D eigenvalue weighted by Gasteiger charge is 2.06.